The molecule has 0 aliphatic rings. The van der Waals surface area contributed by atoms with E-state index in [-0.39, 0.29) is 6.04 Å². The summed E-state index contributed by atoms with van der Waals surface area (Å²) in [6.45, 7) is 4.28. The Morgan fingerprint density at radius 2 is 1.54 bits per heavy atom. The van der Waals surface area contributed by atoms with Gasteiger partial charge in [-0.1, -0.05) is 18.2 Å². The highest BCUT2D eigenvalue weighted by Gasteiger charge is 2.21. The van der Waals surface area contributed by atoms with Crippen LogP contribution in [0.15, 0.2) is 42.5 Å². The number of quaternary nitrogens is 1. The molecule has 2 rings (SSSR count). The lowest BCUT2D eigenvalue weighted by atomic mass is 10.1. The van der Waals surface area contributed by atoms with Crippen LogP contribution < -0.4 is 20.4 Å². The van der Waals surface area contributed by atoms with E-state index in [2.05, 4.69) is 34.9 Å². The number of likely N-dealkylation sites (N-methyl/N-ethyl adjacent to an activating group) is 1. The number of amides is 2. The van der Waals surface area contributed by atoms with Crippen LogP contribution in [0.4, 0.5) is 11.4 Å². The second-order valence-electron chi connectivity index (χ2n) is 7.66. The molecule has 3 N–H and O–H groups in total. The van der Waals surface area contributed by atoms with Gasteiger partial charge in [-0.25, -0.2) is 0 Å². The molecule has 2 aromatic rings. The van der Waals surface area contributed by atoms with Gasteiger partial charge in [0.25, 0.3) is 0 Å². The first-order valence-corrected chi connectivity index (χ1v) is 9.42. The number of rotatable bonds is 6. The molecule has 28 heavy (non-hydrogen) atoms. The van der Waals surface area contributed by atoms with Gasteiger partial charge in [0.1, 0.15) is 6.04 Å². The Morgan fingerprint density at radius 1 is 0.964 bits per heavy atom. The van der Waals surface area contributed by atoms with Gasteiger partial charge in [0, 0.05) is 31.0 Å². The molecule has 0 fully saturated rings. The van der Waals surface area contributed by atoms with Crippen LogP contribution in [0.1, 0.15) is 22.7 Å². The molecule has 2 amide bonds. The van der Waals surface area contributed by atoms with Crippen LogP contribution in [-0.4, -0.2) is 46.5 Å². The molecule has 0 heterocycles. The second kappa shape index (κ2) is 9.37. The molecule has 0 aromatic heterocycles. The predicted octanol–water partition coefficient (Wildman–Crippen LogP) is 1.31. The molecule has 0 saturated heterocycles. The monoisotopic (exact) mass is 383 g/mol. The van der Waals surface area contributed by atoms with Gasteiger partial charge in [0.2, 0.25) is 0 Å². The zero-order chi connectivity index (χ0) is 20.8. The number of anilines is 2. The molecule has 1 atom stereocenters. The first-order chi connectivity index (χ1) is 13.2. The molecule has 0 aliphatic heterocycles. The third-order valence-electron chi connectivity index (χ3n) is 4.66. The van der Waals surface area contributed by atoms with E-state index in [9.17, 15) is 9.59 Å². The van der Waals surface area contributed by atoms with Crippen molar-refractivity contribution in [2.24, 2.45) is 0 Å². The zero-order valence-electron chi connectivity index (χ0n) is 17.6. The molecule has 0 bridgehead atoms. The van der Waals surface area contributed by atoms with Crippen molar-refractivity contribution in [1.82, 2.24) is 5.32 Å². The van der Waals surface area contributed by atoms with E-state index in [1.54, 1.807) is 0 Å². The highest BCUT2D eigenvalue weighted by Crippen LogP contribution is 2.16. The van der Waals surface area contributed by atoms with Crippen molar-refractivity contribution in [3.63, 3.8) is 0 Å². The van der Waals surface area contributed by atoms with Crippen LogP contribution in [0.25, 0.3) is 0 Å². The number of hydrogen-bond donors (Lipinski definition) is 3. The van der Waals surface area contributed by atoms with Crippen LogP contribution in [0.3, 0.4) is 0 Å². The summed E-state index contributed by atoms with van der Waals surface area (Å²) in [7, 11) is 8.06. The van der Waals surface area contributed by atoms with Gasteiger partial charge in [-0.15, -0.1) is 0 Å². The molecular weight excluding hydrogens is 352 g/mol. The van der Waals surface area contributed by atoms with Gasteiger partial charge in [-0.05, 0) is 49.2 Å². The molecule has 0 radical (unpaired) electrons. The van der Waals surface area contributed by atoms with E-state index in [0.717, 1.165) is 22.4 Å². The Morgan fingerprint density at radius 3 is 2.04 bits per heavy atom. The van der Waals surface area contributed by atoms with Crippen LogP contribution >= 0.6 is 0 Å². The van der Waals surface area contributed by atoms with Crippen molar-refractivity contribution in [2.75, 3.05) is 45.0 Å². The van der Waals surface area contributed by atoms with Gasteiger partial charge in [0.05, 0.1) is 20.6 Å². The number of nitrogens with one attached hydrogen (secondary N) is 3. The number of benzene rings is 2. The first-order valence-electron chi connectivity index (χ1n) is 9.42. The van der Waals surface area contributed by atoms with Crippen LogP contribution in [0.2, 0.25) is 0 Å². The molecule has 6 nitrogen and oxygen atoms in total. The van der Waals surface area contributed by atoms with Gasteiger partial charge >= 0.3 is 11.8 Å². The average molecular weight is 384 g/mol. The summed E-state index contributed by atoms with van der Waals surface area (Å²) >= 11 is 0. The van der Waals surface area contributed by atoms with Crippen LogP contribution in [0, 0.1) is 13.8 Å². The van der Waals surface area contributed by atoms with E-state index in [1.165, 1.54) is 4.90 Å². The molecule has 0 aliphatic carbocycles. The SMILES string of the molecule is Cc1cc(C)cc(NC(=O)C(=O)NC[C@H](c2ccc(N(C)C)cc2)[NH+](C)C)c1. The van der Waals surface area contributed by atoms with Gasteiger partial charge in [-0.2, -0.15) is 0 Å². The molecule has 2 aromatic carbocycles. The summed E-state index contributed by atoms with van der Waals surface area (Å²) in [5.41, 5.74) is 4.93. The molecular formula is C22H31N4O2+. The lowest BCUT2D eigenvalue weighted by Gasteiger charge is -2.23. The minimum atomic E-state index is -0.652. The number of carbonyl (C=O) groups is 2. The maximum atomic E-state index is 12.3. The summed E-state index contributed by atoms with van der Waals surface area (Å²) in [5, 5.41) is 5.44. The summed E-state index contributed by atoms with van der Waals surface area (Å²) in [6, 6.07) is 14.0. The van der Waals surface area contributed by atoms with E-state index in [0.29, 0.717) is 12.2 Å². The summed E-state index contributed by atoms with van der Waals surface area (Å²) in [6.07, 6.45) is 0. The fourth-order valence-electron chi connectivity index (χ4n) is 3.17. The van der Waals surface area contributed by atoms with E-state index in [4.69, 9.17) is 0 Å². The zero-order valence-corrected chi connectivity index (χ0v) is 17.6. The summed E-state index contributed by atoms with van der Waals surface area (Å²) < 4.78 is 0. The van der Waals surface area contributed by atoms with Gasteiger partial charge in [-0.3, -0.25) is 9.59 Å². The fraction of sp³-hybridized carbons (Fsp3) is 0.364. The van der Waals surface area contributed by atoms with Gasteiger partial charge in [0.15, 0.2) is 0 Å². The quantitative estimate of drug-likeness (QED) is 0.659. The van der Waals surface area contributed by atoms with Crippen molar-refractivity contribution in [3.8, 4) is 0 Å². The standard InChI is InChI=1S/C22H30N4O2/c1-15-11-16(2)13-18(12-15)24-22(28)21(27)23-14-20(26(5)6)17-7-9-19(10-8-17)25(3)4/h7-13,20H,14H2,1-6H3,(H,23,27)(H,24,28)/p+1/t20-/m1/s1. The molecule has 0 spiro atoms. The second-order valence-corrected chi connectivity index (χ2v) is 7.66. The maximum absolute atomic E-state index is 12.3. The first kappa shape index (κ1) is 21.4. The van der Waals surface area contributed by atoms with Crippen molar-refractivity contribution in [3.05, 3.63) is 59.2 Å². The topological polar surface area (TPSA) is 65.9 Å². The number of aryl methyl sites for hydroxylation is 2. The lowest BCUT2D eigenvalue weighted by Crippen LogP contribution is -3.07. The van der Waals surface area contributed by atoms with Crippen molar-refractivity contribution in [2.45, 2.75) is 19.9 Å². The van der Waals surface area contributed by atoms with E-state index < -0.39 is 11.8 Å². The minimum Gasteiger partial charge on any atom is -0.378 e. The molecule has 0 unspecified atom stereocenters. The van der Waals surface area contributed by atoms with Crippen molar-refractivity contribution < 1.29 is 14.5 Å². The number of hydrogen-bond acceptors (Lipinski definition) is 3. The van der Waals surface area contributed by atoms with Crippen molar-refractivity contribution >= 4 is 23.2 Å². The predicted molar refractivity (Wildman–Crippen MR) is 114 cm³/mol. The van der Waals surface area contributed by atoms with E-state index in [1.807, 2.05) is 65.1 Å². The third-order valence-corrected chi connectivity index (χ3v) is 4.66. The van der Waals surface area contributed by atoms with Crippen LogP contribution in [0.5, 0.6) is 0 Å². The number of carbonyl (C=O) groups excluding carboxylic acids is 2. The maximum Gasteiger partial charge on any atom is 0.313 e. The molecule has 150 valence electrons. The third kappa shape index (κ3) is 5.82. The lowest BCUT2D eigenvalue weighted by molar-refractivity contribution is -0.890. The molecule has 6 heteroatoms. The number of nitrogens with zero attached hydrogens (tertiary/aromatic N) is 1. The Balaban J connectivity index is 2.00. The largest absolute Gasteiger partial charge is 0.378 e. The smallest absolute Gasteiger partial charge is 0.313 e. The summed E-state index contributed by atoms with van der Waals surface area (Å²) in [4.78, 5) is 27.7. The highest BCUT2D eigenvalue weighted by atomic mass is 16.2. The van der Waals surface area contributed by atoms with Crippen molar-refractivity contribution in [1.29, 1.82) is 0 Å². The molecule has 0 saturated carbocycles. The Labute approximate surface area is 167 Å². The van der Waals surface area contributed by atoms with Crippen LogP contribution in [-0.2, 0) is 9.59 Å². The van der Waals surface area contributed by atoms with Gasteiger partial charge < -0.3 is 20.4 Å². The Bertz CT molecular complexity index is 809. The Kier molecular flexibility index (Phi) is 7.18. The fourth-order valence-corrected chi connectivity index (χ4v) is 3.17. The highest BCUT2D eigenvalue weighted by molar-refractivity contribution is 6.39. The average Bonchev–Trinajstić information content (AvgIpc) is 2.60. The Hall–Kier alpha value is -2.86. The summed E-state index contributed by atoms with van der Waals surface area (Å²) in [5.74, 6) is -1.28. The minimum absolute atomic E-state index is 0.0502. The van der Waals surface area contributed by atoms with E-state index >= 15 is 0 Å². The normalized spacial score (nSPS) is 11.8.